The Morgan fingerprint density at radius 3 is 2.57 bits per heavy atom. The van der Waals surface area contributed by atoms with Gasteiger partial charge in [-0.05, 0) is 54.9 Å². The number of carbonyl (C=O) groups excluding carboxylic acids is 1. The summed E-state index contributed by atoms with van der Waals surface area (Å²) < 4.78 is 0. The fourth-order valence-corrected chi connectivity index (χ4v) is 3.69. The Labute approximate surface area is 130 Å². The standard InChI is InChI=1S/C17H20ClNO2/c18-16-5-3-13(4-6-16)17(21)19(7-8-20)11-15-10-12-1-2-14(15)9-12/h1-6,12,14-15,20H,7-11H2. The Bertz CT molecular complexity index is 540. The molecular formula is C17H20ClNO2. The molecule has 0 aliphatic heterocycles. The summed E-state index contributed by atoms with van der Waals surface area (Å²) in [6.45, 7) is 1.11. The Hall–Kier alpha value is -1.32. The number of rotatable bonds is 5. The summed E-state index contributed by atoms with van der Waals surface area (Å²) in [5.41, 5.74) is 0.631. The average Bonchev–Trinajstić information content (AvgIpc) is 3.09. The zero-order chi connectivity index (χ0) is 14.8. The largest absolute Gasteiger partial charge is 0.395 e. The van der Waals surface area contributed by atoms with Gasteiger partial charge in [0, 0.05) is 23.7 Å². The number of hydrogen-bond donors (Lipinski definition) is 1. The molecule has 3 rings (SSSR count). The minimum atomic E-state index is -0.0209. The van der Waals surface area contributed by atoms with Crippen molar-refractivity contribution in [2.45, 2.75) is 12.8 Å². The number of fused-ring (bicyclic) bond motifs is 2. The van der Waals surface area contributed by atoms with E-state index >= 15 is 0 Å². The minimum absolute atomic E-state index is 0.00398. The van der Waals surface area contributed by atoms with Gasteiger partial charge < -0.3 is 10.0 Å². The number of amides is 1. The fourth-order valence-electron chi connectivity index (χ4n) is 3.56. The second-order valence-electron chi connectivity index (χ2n) is 6.02. The average molecular weight is 306 g/mol. The van der Waals surface area contributed by atoms with Crippen molar-refractivity contribution < 1.29 is 9.90 Å². The summed E-state index contributed by atoms with van der Waals surface area (Å²) in [5, 5.41) is 9.88. The lowest BCUT2D eigenvalue weighted by Gasteiger charge is -2.28. The Morgan fingerprint density at radius 2 is 2.00 bits per heavy atom. The van der Waals surface area contributed by atoms with Crippen LogP contribution in [0.25, 0.3) is 0 Å². The molecule has 3 unspecified atom stereocenters. The van der Waals surface area contributed by atoms with Crippen LogP contribution in [0.3, 0.4) is 0 Å². The normalized spacial score (nSPS) is 26.3. The van der Waals surface area contributed by atoms with Gasteiger partial charge in [-0.25, -0.2) is 0 Å². The summed E-state index contributed by atoms with van der Waals surface area (Å²) in [6.07, 6.45) is 6.99. The lowest BCUT2D eigenvalue weighted by Crippen LogP contribution is -2.38. The van der Waals surface area contributed by atoms with Crippen LogP contribution in [0.15, 0.2) is 36.4 Å². The molecule has 1 aromatic rings. The van der Waals surface area contributed by atoms with Gasteiger partial charge in [-0.15, -0.1) is 0 Å². The van der Waals surface area contributed by atoms with Gasteiger partial charge >= 0.3 is 0 Å². The molecule has 2 bridgehead atoms. The number of carbonyl (C=O) groups is 1. The van der Waals surface area contributed by atoms with E-state index in [0.29, 0.717) is 34.9 Å². The molecule has 1 aromatic carbocycles. The van der Waals surface area contributed by atoms with Gasteiger partial charge in [-0.1, -0.05) is 23.8 Å². The molecule has 3 atom stereocenters. The first-order valence-corrected chi connectivity index (χ1v) is 7.89. The lowest BCUT2D eigenvalue weighted by atomic mass is 9.93. The number of aliphatic hydroxyl groups is 1. The second-order valence-corrected chi connectivity index (χ2v) is 6.46. The Kier molecular flexibility index (Phi) is 4.32. The summed E-state index contributed by atoms with van der Waals surface area (Å²) in [5.74, 6) is 1.81. The molecule has 1 fully saturated rings. The van der Waals surface area contributed by atoms with Gasteiger partial charge in [0.25, 0.3) is 5.91 Å². The topological polar surface area (TPSA) is 40.5 Å². The van der Waals surface area contributed by atoms with Gasteiger partial charge in [0.05, 0.1) is 6.61 Å². The number of aliphatic hydroxyl groups excluding tert-OH is 1. The van der Waals surface area contributed by atoms with E-state index in [9.17, 15) is 9.90 Å². The third-order valence-electron chi connectivity index (χ3n) is 4.62. The van der Waals surface area contributed by atoms with Gasteiger partial charge in [-0.2, -0.15) is 0 Å². The predicted octanol–water partition coefficient (Wildman–Crippen LogP) is 2.99. The fraction of sp³-hybridized carbons (Fsp3) is 0.471. The highest BCUT2D eigenvalue weighted by Crippen LogP contribution is 2.43. The summed E-state index contributed by atoms with van der Waals surface area (Å²) in [4.78, 5) is 14.4. The van der Waals surface area contributed by atoms with Crippen molar-refractivity contribution in [2.24, 2.45) is 17.8 Å². The van der Waals surface area contributed by atoms with Crippen LogP contribution in [-0.2, 0) is 0 Å². The molecule has 0 radical (unpaired) electrons. The number of hydrogen-bond acceptors (Lipinski definition) is 2. The van der Waals surface area contributed by atoms with Crippen LogP contribution in [0, 0.1) is 17.8 Å². The van der Waals surface area contributed by atoms with Crippen molar-refractivity contribution in [3.05, 3.63) is 47.0 Å². The van der Waals surface area contributed by atoms with Gasteiger partial charge in [0.1, 0.15) is 0 Å². The molecule has 3 nitrogen and oxygen atoms in total. The summed E-state index contributed by atoms with van der Waals surface area (Å²) in [7, 11) is 0. The van der Waals surface area contributed by atoms with Crippen LogP contribution < -0.4 is 0 Å². The molecule has 0 heterocycles. The monoisotopic (exact) mass is 305 g/mol. The number of allylic oxidation sites excluding steroid dienone is 2. The Morgan fingerprint density at radius 1 is 1.24 bits per heavy atom. The highest BCUT2D eigenvalue weighted by atomic mass is 35.5. The number of nitrogens with zero attached hydrogens (tertiary/aromatic N) is 1. The second kappa shape index (κ2) is 6.20. The van der Waals surface area contributed by atoms with Crippen LogP contribution >= 0.6 is 11.6 Å². The van der Waals surface area contributed by atoms with Gasteiger partial charge in [0.2, 0.25) is 0 Å². The number of halogens is 1. The molecule has 1 saturated carbocycles. The van der Waals surface area contributed by atoms with Crippen LogP contribution in [-0.4, -0.2) is 35.6 Å². The van der Waals surface area contributed by atoms with Crippen LogP contribution in [0.2, 0.25) is 5.02 Å². The van der Waals surface area contributed by atoms with E-state index in [-0.39, 0.29) is 12.5 Å². The highest BCUT2D eigenvalue weighted by molar-refractivity contribution is 6.30. The maximum Gasteiger partial charge on any atom is 0.253 e. The first-order valence-electron chi connectivity index (χ1n) is 7.51. The molecule has 2 aliphatic carbocycles. The smallest absolute Gasteiger partial charge is 0.253 e. The van der Waals surface area contributed by atoms with Crippen molar-refractivity contribution in [1.29, 1.82) is 0 Å². The van der Waals surface area contributed by atoms with Gasteiger partial charge in [-0.3, -0.25) is 4.79 Å². The zero-order valence-electron chi connectivity index (χ0n) is 11.9. The summed E-state index contributed by atoms with van der Waals surface area (Å²) >= 11 is 5.86. The zero-order valence-corrected chi connectivity index (χ0v) is 12.7. The van der Waals surface area contributed by atoms with E-state index < -0.39 is 0 Å². The lowest BCUT2D eigenvalue weighted by molar-refractivity contribution is 0.0681. The molecule has 1 N–H and O–H groups in total. The van der Waals surface area contributed by atoms with Crippen molar-refractivity contribution >= 4 is 17.5 Å². The summed E-state index contributed by atoms with van der Waals surface area (Å²) in [6, 6.07) is 6.95. The number of benzene rings is 1. The van der Waals surface area contributed by atoms with E-state index in [1.807, 2.05) is 0 Å². The molecular weight excluding hydrogens is 286 g/mol. The molecule has 4 heteroatoms. The van der Waals surface area contributed by atoms with Crippen LogP contribution in [0.1, 0.15) is 23.2 Å². The quantitative estimate of drug-likeness (QED) is 0.850. The molecule has 1 amide bonds. The first-order chi connectivity index (χ1) is 10.2. The maximum atomic E-state index is 12.6. The molecule has 2 aliphatic rings. The highest BCUT2D eigenvalue weighted by Gasteiger charge is 2.37. The van der Waals surface area contributed by atoms with Crippen molar-refractivity contribution in [3.8, 4) is 0 Å². The molecule has 0 spiro atoms. The minimum Gasteiger partial charge on any atom is -0.395 e. The first kappa shape index (κ1) is 14.6. The van der Waals surface area contributed by atoms with E-state index in [1.165, 1.54) is 6.42 Å². The molecule has 0 saturated heterocycles. The van der Waals surface area contributed by atoms with E-state index in [4.69, 9.17) is 11.6 Å². The van der Waals surface area contributed by atoms with Crippen molar-refractivity contribution in [1.82, 2.24) is 4.90 Å². The molecule has 21 heavy (non-hydrogen) atoms. The SMILES string of the molecule is O=C(c1ccc(Cl)cc1)N(CCO)CC1CC2C=CC1C2. The predicted molar refractivity (Wildman–Crippen MR) is 83.3 cm³/mol. The van der Waals surface area contributed by atoms with Crippen molar-refractivity contribution in [3.63, 3.8) is 0 Å². The maximum absolute atomic E-state index is 12.6. The molecule has 0 aromatic heterocycles. The van der Waals surface area contributed by atoms with Crippen LogP contribution in [0.4, 0.5) is 0 Å². The third kappa shape index (κ3) is 3.14. The third-order valence-corrected chi connectivity index (χ3v) is 4.87. The van der Waals surface area contributed by atoms with E-state index in [0.717, 1.165) is 13.0 Å². The Balaban J connectivity index is 1.70. The van der Waals surface area contributed by atoms with Gasteiger partial charge in [0.15, 0.2) is 0 Å². The molecule has 112 valence electrons. The van der Waals surface area contributed by atoms with E-state index in [1.54, 1.807) is 29.2 Å². The van der Waals surface area contributed by atoms with Crippen LogP contribution in [0.5, 0.6) is 0 Å². The van der Waals surface area contributed by atoms with Crippen molar-refractivity contribution in [2.75, 3.05) is 19.7 Å². The van der Waals surface area contributed by atoms with E-state index in [2.05, 4.69) is 12.2 Å².